The first-order valence-electron chi connectivity index (χ1n) is 7.58. The number of benzene rings is 1. The molecule has 1 fully saturated rings. The number of nitrogens with one attached hydrogen (secondary N) is 1. The second kappa shape index (κ2) is 7.98. The van der Waals surface area contributed by atoms with Crippen molar-refractivity contribution in [3.8, 4) is 0 Å². The van der Waals surface area contributed by atoms with Gasteiger partial charge < -0.3 is 10.1 Å². The Bertz CT molecular complexity index is 740. The molecule has 2 rings (SSSR count). The van der Waals surface area contributed by atoms with Crippen molar-refractivity contribution in [2.24, 2.45) is 0 Å². The van der Waals surface area contributed by atoms with Crippen molar-refractivity contribution >= 4 is 46.5 Å². The number of amides is 3. The van der Waals surface area contributed by atoms with Crippen LogP contribution in [0.15, 0.2) is 29.2 Å². The van der Waals surface area contributed by atoms with E-state index in [4.69, 9.17) is 4.74 Å². The highest BCUT2D eigenvalue weighted by Gasteiger charge is 2.36. The third-order valence-electron chi connectivity index (χ3n) is 3.06. The highest BCUT2D eigenvalue weighted by Crippen LogP contribution is 2.32. The summed E-state index contributed by atoms with van der Waals surface area (Å²) >= 11 is 0.773. The molecule has 0 saturated carbocycles. The number of hydrogen-bond donors (Lipinski definition) is 1. The van der Waals surface area contributed by atoms with Gasteiger partial charge in [0.2, 0.25) is 5.91 Å². The lowest BCUT2D eigenvalue weighted by Crippen LogP contribution is -2.35. The first kappa shape index (κ1) is 18.7. The van der Waals surface area contributed by atoms with Crippen LogP contribution in [0.3, 0.4) is 0 Å². The normalized spacial score (nSPS) is 15.8. The van der Waals surface area contributed by atoms with E-state index in [9.17, 15) is 19.2 Å². The molecule has 132 valence electrons. The third-order valence-corrected chi connectivity index (χ3v) is 3.96. The van der Waals surface area contributed by atoms with Crippen LogP contribution in [0.2, 0.25) is 0 Å². The predicted molar refractivity (Wildman–Crippen MR) is 94.7 cm³/mol. The highest BCUT2D eigenvalue weighted by molar-refractivity contribution is 8.18. The number of hydrogen-bond acceptors (Lipinski definition) is 6. The van der Waals surface area contributed by atoms with Gasteiger partial charge in [0, 0.05) is 12.6 Å². The molecule has 0 radical (unpaired) electrons. The molecule has 0 unspecified atom stereocenters. The largest absolute Gasteiger partial charge is 0.462 e. The van der Waals surface area contributed by atoms with E-state index in [0.717, 1.165) is 16.7 Å². The molecule has 0 aliphatic carbocycles. The van der Waals surface area contributed by atoms with Crippen LogP contribution in [0, 0.1) is 0 Å². The van der Waals surface area contributed by atoms with Crippen LogP contribution in [0.1, 0.15) is 26.3 Å². The summed E-state index contributed by atoms with van der Waals surface area (Å²) in [6.07, 6.45) is 1.25. The number of rotatable bonds is 5. The van der Waals surface area contributed by atoms with Crippen LogP contribution < -0.4 is 5.32 Å². The maximum Gasteiger partial charge on any atom is 0.326 e. The summed E-state index contributed by atoms with van der Waals surface area (Å²) in [6.45, 7) is 4.39. The zero-order valence-electron chi connectivity index (χ0n) is 14.1. The zero-order chi connectivity index (χ0) is 18.6. The summed E-state index contributed by atoms with van der Waals surface area (Å²) in [5, 5.41) is 2.13. The minimum atomic E-state index is -0.627. The molecule has 1 aromatic carbocycles. The molecule has 0 atom stereocenters. The van der Waals surface area contributed by atoms with Crippen LogP contribution in [-0.4, -0.2) is 40.6 Å². The predicted octanol–water partition coefficient (Wildman–Crippen LogP) is 2.63. The third kappa shape index (κ3) is 5.18. The molecular weight excluding hydrogens is 344 g/mol. The fourth-order valence-electron chi connectivity index (χ4n) is 2.08. The van der Waals surface area contributed by atoms with E-state index in [1.165, 1.54) is 6.92 Å². The lowest BCUT2D eigenvalue weighted by molar-refractivity contribution is -0.149. The van der Waals surface area contributed by atoms with E-state index in [-0.39, 0.29) is 16.9 Å². The van der Waals surface area contributed by atoms with E-state index in [1.807, 2.05) is 0 Å². The number of nitrogens with zero attached hydrogens (tertiary/aromatic N) is 1. The molecule has 1 aliphatic heterocycles. The van der Waals surface area contributed by atoms with Crippen molar-refractivity contribution in [1.82, 2.24) is 4.90 Å². The molecule has 25 heavy (non-hydrogen) atoms. The van der Waals surface area contributed by atoms with Gasteiger partial charge in [-0.3, -0.25) is 24.1 Å². The van der Waals surface area contributed by atoms with E-state index in [2.05, 4.69) is 5.32 Å². The van der Waals surface area contributed by atoms with Gasteiger partial charge in [0.25, 0.3) is 11.1 Å². The summed E-state index contributed by atoms with van der Waals surface area (Å²) in [5.41, 5.74) is 1.33. The van der Waals surface area contributed by atoms with Gasteiger partial charge in [0.15, 0.2) is 0 Å². The molecule has 0 aromatic heterocycles. The number of thioether (sulfide) groups is 1. The summed E-state index contributed by atoms with van der Waals surface area (Å²) in [6, 6.07) is 6.81. The first-order valence-corrected chi connectivity index (χ1v) is 8.40. The molecule has 3 amide bonds. The van der Waals surface area contributed by atoms with Crippen molar-refractivity contribution in [2.75, 3.05) is 11.9 Å². The van der Waals surface area contributed by atoms with Gasteiger partial charge in [-0.25, -0.2) is 0 Å². The zero-order valence-corrected chi connectivity index (χ0v) is 14.9. The van der Waals surface area contributed by atoms with Crippen molar-refractivity contribution < 1.29 is 23.9 Å². The molecule has 1 heterocycles. The molecule has 0 spiro atoms. The van der Waals surface area contributed by atoms with E-state index < -0.39 is 23.7 Å². The highest BCUT2D eigenvalue weighted by atomic mass is 32.2. The molecule has 1 N–H and O–H groups in total. The molecule has 8 heteroatoms. The maximum absolute atomic E-state index is 12.3. The summed E-state index contributed by atoms with van der Waals surface area (Å²) in [4.78, 5) is 48.0. The van der Waals surface area contributed by atoms with Gasteiger partial charge in [-0.1, -0.05) is 12.1 Å². The van der Waals surface area contributed by atoms with Crippen LogP contribution in [-0.2, 0) is 19.1 Å². The summed E-state index contributed by atoms with van der Waals surface area (Å²) < 4.78 is 4.96. The first-order chi connectivity index (χ1) is 11.8. The minimum Gasteiger partial charge on any atom is -0.462 e. The van der Waals surface area contributed by atoms with Gasteiger partial charge in [-0.15, -0.1) is 0 Å². The summed E-state index contributed by atoms with van der Waals surface area (Å²) in [7, 11) is 0. The molecule has 0 bridgehead atoms. The number of ether oxygens (including phenoxy) is 1. The molecule has 1 saturated heterocycles. The Kier molecular flexibility index (Phi) is 5.97. The summed E-state index contributed by atoms with van der Waals surface area (Å²) in [5.74, 6) is -1.33. The topological polar surface area (TPSA) is 92.8 Å². The lowest BCUT2D eigenvalue weighted by atomic mass is 10.2. The number of carbonyl (C=O) groups excluding carboxylic acids is 4. The van der Waals surface area contributed by atoms with Gasteiger partial charge in [-0.05, 0) is 49.4 Å². The SMILES string of the molecule is CC(=O)Nc1ccc(/C=C2\SC(=O)N(CC(=O)OC(C)C)C2=O)cc1. The Labute approximate surface area is 149 Å². The quantitative estimate of drug-likeness (QED) is 0.639. The fourth-order valence-corrected chi connectivity index (χ4v) is 2.92. The maximum atomic E-state index is 12.3. The van der Waals surface area contributed by atoms with Crippen LogP contribution in [0.4, 0.5) is 10.5 Å². The van der Waals surface area contributed by atoms with Gasteiger partial charge >= 0.3 is 5.97 Å². The molecule has 7 nitrogen and oxygen atoms in total. The number of imide groups is 1. The van der Waals surface area contributed by atoms with Crippen molar-refractivity contribution in [2.45, 2.75) is 26.9 Å². The van der Waals surface area contributed by atoms with E-state index >= 15 is 0 Å². The van der Waals surface area contributed by atoms with E-state index in [1.54, 1.807) is 44.2 Å². The van der Waals surface area contributed by atoms with Gasteiger partial charge in [0.05, 0.1) is 11.0 Å². The smallest absolute Gasteiger partial charge is 0.326 e. The Morgan fingerprint density at radius 2 is 1.88 bits per heavy atom. The fraction of sp³-hybridized carbons (Fsp3) is 0.294. The second-order valence-corrected chi connectivity index (χ2v) is 6.60. The molecular formula is C17H18N2O5S. The standard InChI is InChI=1S/C17H18N2O5S/c1-10(2)24-15(21)9-19-16(22)14(25-17(19)23)8-12-4-6-13(7-5-12)18-11(3)20/h4-8,10H,9H2,1-3H3,(H,18,20)/b14-8-. The van der Waals surface area contributed by atoms with Crippen LogP contribution in [0.5, 0.6) is 0 Å². The van der Waals surface area contributed by atoms with E-state index in [0.29, 0.717) is 11.3 Å². The van der Waals surface area contributed by atoms with Crippen molar-refractivity contribution in [1.29, 1.82) is 0 Å². The molecule has 1 aromatic rings. The number of carbonyl (C=O) groups is 4. The number of esters is 1. The lowest BCUT2D eigenvalue weighted by Gasteiger charge is -2.13. The van der Waals surface area contributed by atoms with Gasteiger partial charge in [-0.2, -0.15) is 0 Å². The second-order valence-electron chi connectivity index (χ2n) is 5.61. The average Bonchev–Trinajstić information content (AvgIpc) is 2.75. The van der Waals surface area contributed by atoms with Crippen molar-refractivity contribution in [3.05, 3.63) is 34.7 Å². The Morgan fingerprint density at radius 3 is 2.44 bits per heavy atom. The van der Waals surface area contributed by atoms with Crippen molar-refractivity contribution in [3.63, 3.8) is 0 Å². The van der Waals surface area contributed by atoms with Crippen LogP contribution in [0.25, 0.3) is 6.08 Å². The Hall–Kier alpha value is -2.61. The average molecular weight is 362 g/mol. The minimum absolute atomic E-state index is 0.179. The monoisotopic (exact) mass is 362 g/mol. The number of anilines is 1. The van der Waals surface area contributed by atoms with Gasteiger partial charge in [0.1, 0.15) is 6.54 Å². The van der Waals surface area contributed by atoms with Crippen LogP contribution >= 0.6 is 11.8 Å². The Morgan fingerprint density at radius 1 is 1.24 bits per heavy atom. The Balaban J connectivity index is 2.09. The molecule has 1 aliphatic rings.